The van der Waals surface area contributed by atoms with E-state index in [-0.39, 0.29) is 24.3 Å². The number of hydrogen-bond donors (Lipinski definition) is 4. The van der Waals surface area contributed by atoms with Crippen LogP contribution in [-0.4, -0.2) is 53.1 Å². The molecule has 1 rings (SSSR count). The first-order valence-corrected chi connectivity index (χ1v) is 12.5. The standard InChI is InChI=1S/C26H40FN3O6/c1-5-7-8-12-19(36-26(35)23(28)16(3)6-2)15-22(31)30-21(24(32)29-17(4)25(33)34)14-18-11-9-10-13-20(18)27/h9-11,13,16-17,19,21,23H,5-8,12,14-15,28H2,1-4H3,(H,29,32)(H,30,31)(H,33,34)/t16-,17-,19+,21-,23+/m0/s1. The summed E-state index contributed by atoms with van der Waals surface area (Å²) in [4.78, 5) is 49.4. The van der Waals surface area contributed by atoms with Crippen molar-refractivity contribution in [2.75, 3.05) is 0 Å². The van der Waals surface area contributed by atoms with E-state index in [0.717, 1.165) is 19.3 Å². The number of esters is 1. The number of carboxylic acid groups (broad SMARTS) is 1. The van der Waals surface area contributed by atoms with Crippen molar-refractivity contribution >= 4 is 23.8 Å². The summed E-state index contributed by atoms with van der Waals surface area (Å²) < 4.78 is 19.8. The molecule has 0 saturated carbocycles. The van der Waals surface area contributed by atoms with Crippen molar-refractivity contribution in [1.29, 1.82) is 0 Å². The Morgan fingerprint density at radius 1 is 1.08 bits per heavy atom. The van der Waals surface area contributed by atoms with Crippen molar-refractivity contribution < 1.29 is 33.4 Å². The largest absolute Gasteiger partial charge is 0.480 e. The highest BCUT2D eigenvalue weighted by atomic mass is 19.1. The molecule has 0 spiro atoms. The van der Waals surface area contributed by atoms with Crippen molar-refractivity contribution in [3.05, 3.63) is 35.6 Å². The Hall–Kier alpha value is -3.01. The molecule has 0 unspecified atom stereocenters. The Bertz CT molecular complexity index is 881. The molecular weight excluding hydrogens is 469 g/mol. The Morgan fingerprint density at radius 3 is 2.33 bits per heavy atom. The van der Waals surface area contributed by atoms with Gasteiger partial charge in [0.05, 0.1) is 6.42 Å². The number of carbonyl (C=O) groups excluding carboxylic acids is 3. The third kappa shape index (κ3) is 10.7. The van der Waals surface area contributed by atoms with Crippen LogP contribution >= 0.6 is 0 Å². The van der Waals surface area contributed by atoms with Crippen LogP contribution in [0.3, 0.4) is 0 Å². The SMILES string of the molecule is CCCCC[C@H](CC(=O)N[C@@H](Cc1ccccc1F)C(=O)N[C@@H](C)C(=O)O)OC(=O)[C@H](N)[C@@H](C)CC. The Kier molecular flexibility index (Phi) is 13.7. The molecule has 0 aromatic heterocycles. The van der Waals surface area contributed by atoms with E-state index in [1.165, 1.54) is 25.1 Å². The van der Waals surface area contributed by atoms with Crippen LogP contribution < -0.4 is 16.4 Å². The maximum atomic E-state index is 14.2. The fourth-order valence-corrected chi connectivity index (χ4v) is 3.48. The average Bonchev–Trinajstić information content (AvgIpc) is 2.83. The quantitative estimate of drug-likeness (QED) is 0.198. The first-order chi connectivity index (χ1) is 17.0. The van der Waals surface area contributed by atoms with E-state index in [9.17, 15) is 23.6 Å². The number of nitrogens with two attached hydrogens (primary N) is 1. The van der Waals surface area contributed by atoms with Crippen molar-refractivity contribution in [3.63, 3.8) is 0 Å². The molecule has 0 aliphatic carbocycles. The normalized spacial score (nSPS) is 15.2. The lowest BCUT2D eigenvalue weighted by Gasteiger charge is -2.24. The number of halogens is 1. The van der Waals surface area contributed by atoms with Gasteiger partial charge in [0.25, 0.3) is 0 Å². The van der Waals surface area contributed by atoms with E-state index in [4.69, 9.17) is 15.6 Å². The van der Waals surface area contributed by atoms with Crippen molar-refractivity contribution in [2.24, 2.45) is 11.7 Å². The van der Waals surface area contributed by atoms with Crippen LogP contribution in [0.25, 0.3) is 0 Å². The van der Waals surface area contributed by atoms with Gasteiger partial charge in [-0.15, -0.1) is 0 Å². The van der Waals surface area contributed by atoms with Crippen LogP contribution in [0.2, 0.25) is 0 Å². The van der Waals surface area contributed by atoms with E-state index >= 15 is 0 Å². The first kappa shape index (κ1) is 31.0. The van der Waals surface area contributed by atoms with Gasteiger partial charge in [-0.3, -0.25) is 19.2 Å². The van der Waals surface area contributed by atoms with Gasteiger partial charge in [0.15, 0.2) is 0 Å². The summed E-state index contributed by atoms with van der Waals surface area (Å²) in [5, 5.41) is 14.0. The number of amides is 2. The zero-order valence-corrected chi connectivity index (χ0v) is 21.6. The lowest BCUT2D eigenvalue weighted by Crippen LogP contribution is -2.52. The van der Waals surface area contributed by atoms with Gasteiger partial charge in [-0.25, -0.2) is 4.39 Å². The molecule has 0 saturated heterocycles. The molecule has 0 radical (unpaired) electrons. The number of carboxylic acids is 1. The Morgan fingerprint density at radius 2 is 1.75 bits per heavy atom. The molecule has 0 aliphatic rings. The smallest absolute Gasteiger partial charge is 0.325 e. The van der Waals surface area contributed by atoms with Gasteiger partial charge >= 0.3 is 11.9 Å². The summed E-state index contributed by atoms with van der Waals surface area (Å²) in [6, 6.07) is 2.55. The Labute approximate surface area is 212 Å². The van der Waals surface area contributed by atoms with Gasteiger partial charge in [0, 0.05) is 6.42 Å². The fraction of sp³-hybridized carbons (Fsp3) is 0.615. The Balaban J connectivity index is 2.99. The van der Waals surface area contributed by atoms with Crippen LogP contribution in [0.15, 0.2) is 24.3 Å². The van der Waals surface area contributed by atoms with E-state index in [1.54, 1.807) is 6.07 Å². The second kappa shape index (κ2) is 15.9. The van der Waals surface area contributed by atoms with Gasteiger partial charge in [-0.1, -0.05) is 58.2 Å². The molecule has 2 amide bonds. The van der Waals surface area contributed by atoms with Gasteiger partial charge in [-0.2, -0.15) is 0 Å². The molecule has 5 atom stereocenters. The molecule has 0 bridgehead atoms. The van der Waals surface area contributed by atoms with Crippen molar-refractivity contribution in [1.82, 2.24) is 10.6 Å². The minimum Gasteiger partial charge on any atom is -0.480 e. The molecule has 1 aromatic rings. The summed E-state index contributed by atoms with van der Waals surface area (Å²) in [5.41, 5.74) is 6.17. The van der Waals surface area contributed by atoms with Crippen LogP contribution in [0.5, 0.6) is 0 Å². The van der Waals surface area contributed by atoms with Crippen LogP contribution in [-0.2, 0) is 30.3 Å². The third-order valence-electron chi connectivity index (χ3n) is 6.12. The average molecular weight is 510 g/mol. The van der Waals surface area contributed by atoms with Gasteiger partial charge < -0.3 is 26.2 Å². The predicted octanol–water partition coefficient (Wildman–Crippen LogP) is 2.70. The van der Waals surface area contributed by atoms with Crippen LogP contribution in [0.4, 0.5) is 4.39 Å². The summed E-state index contributed by atoms with van der Waals surface area (Å²) in [6.07, 6.45) is 2.56. The summed E-state index contributed by atoms with van der Waals surface area (Å²) in [7, 11) is 0. The van der Waals surface area contributed by atoms with Crippen LogP contribution in [0.1, 0.15) is 71.8 Å². The summed E-state index contributed by atoms with van der Waals surface area (Å²) >= 11 is 0. The second-order valence-electron chi connectivity index (χ2n) is 9.15. The van der Waals surface area contributed by atoms with Crippen molar-refractivity contribution in [2.45, 2.75) is 96.9 Å². The molecule has 202 valence electrons. The number of unbranched alkanes of at least 4 members (excludes halogenated alkanes) is 2. The lowest BCUT2D eigenvalue weighted by atomic mass is 10.00. The number of benzene rings is 1. The molecule has 36 heavy (non-hydrogen) atoms. The summed E-state index contributed by atoms with van der Waals surface area (Å²) in [5.74, 6) is -3.83. The molecule has 9 nitrogen and oxygen atoms in total. The zero-order valence-electron chi connectivity index (χ0n) is 21.6. The fourth-order valence-electron chi connectivity index (χ4n) is 3.48. The highest BCUT2D eigenvalue weighted by Gasteiger charge is 2.29. The maximum absolute atomic E-state index is 14.2. The number of ether oxygens (including phenoxy) is 1. The topological polar surface area (TPSA) is 148 Å². The minimum absolute atomic E-state index is 0.0901. The van der Waals surface area contributed by atoms with E-state index in [0.29, 0.717) is 12.8 Å². The first-order valence-electron chi connectivity index (χ1n) is 12.5. The van der Waals surface area contributed by atoms with E-state index in [1.807, 2.05) is 20.8 Å². The highest BCUT2D eigenvalue weighted by Crippen LogP contribution is 2.15. The number of nitrogens with one attached hydrogen (secondary N) is 2. The molecule has 0 fully saturated rings. The molecule has 5 N–H and O–H groups in total. The number of carbonyl (C=O) groups is 4. The second-order valence-corrected chi connectivity index (χ2v) is 9.15. The molecule has 1 aromatic carbocycles. The maximum Gasteiger partial charge on any atom is 0.325 e. The molecule has 0 aliphatic heterocycles. The third-order valence-corrected chi connectivity index (χ3v) is 6.12. The molecule has 0 heterocycles. The van der Waals surface area contributed by atoms with E-state index in [2.05, 4.69) is 10.6 Å². The van der Waals surface area contributed by atoms with Gasteiger partial charge in [-0.05, 0) is 37.3 Å². The van der Waals surface area contributed by atoms with Crippen molar-refractivity contribution in [3.8, 4) is 0 Å². The number of hydrogen-bond acceptors (Lipinski definition) is 6. The minimum atomic E-state index is -1.25. The predicted molar refractivity (Wildman–Crippen MR) is 133 cm³/mol. The lowest BCUT2D eigenvalue weighted by molar-refractivity contribution is -0.153. The zero-order chi connectivity index (χ0) is 27.3. The van der Waals surface area contributed by atoms with E-state index < -0.39 is 53.8 Å². The van der Waals surface area contributed by atoms with Gasteiger partial charge in [0.1, 0.15) is 30.0 Å². The molecular formula is C26H40FN3O6. The van der Waals surface area contributed by atoms with Gasteiger partial charge in [0.2, 0.25) is 11.8 Å². The monoisotopic (exact) mass is 509 g/mol. The summed E-state index contributed by atoms with van der Waals surface area (Å²) in [6.45, 7) is 7.06. The number of aliphatic carboxylic acids is 1. The number of rotatable bonds is 16. The highest BCUT2D eigenvalue weighted by molar-refractivity contribution is 5.90. The van der Waals surface area contributed by atoms with Crippen LogP contribution in [0, 0.1) is 11.7 Å². The molecule has 10 heteroatoms.